The predicted molar refractivity (Wildman–Crippen MR) is 174 cm³/mol. The van der Waals surface area contributed by atoms with Crippen molar-refractivity contribution in [2.24, 2.45) is 0 Å². The number of anilines is 1. The smallest absolute Gasteiger partial charge is 0.263 e. The van der Waals surface area contributed by atoms with Crippen LogP contribution in [0.4, 0.5) is 5.69 Å². The molecule has 0 amide bonds. The van der Waals surface area contributed by atoms with Gasteiger partial charge in [-0.15, -0.1) is 0 Å². The van der Waals surface area contributed by atoms with Crippen molar-refractivity contribution in [2.45, 2.75) is 52.0 Å². The van der Waals surface area contributed by atoms with Crippen molar-refractivity contribution < 1.29 is 35.4 Å². The second-order valence-corrected chi connectivity index (χ2v) is 15.4. The third-order valence-corrected chi connectivity index (χ3v) is 10.8. The van der Waals surface area contributed by atoms with Gasteiger partial charge in [-0.2, -0.15) is 4.57 Å². The Labute approximate surface area is 264 Å². The summed E-state index contributed by atoms with van der Waals surface area (Å²) in [7, 11) is -8.56. The molecular formula is C30H41N3O6S4. The van der Waals surface area contributed by atoms with E-state index in [4.69, 9.17) is 0 Å². The van der Waals surface area contributed by atoms with Gasteiger partial charge in [-0.25, -0.2) is 16.8 Å². The Bertz CT molecular complexity index is 1640. The van der Waals surface area contributed by atoms with E-state index in [1.54, 1.807) is 28.0 Å². The van der Waals surface area contributed by atoms with Crippen LogP contribution in [-0.4, -0.2) is 63.6 Å². The van der Waals surface area contributed by atoms with Gasteiger partial charge in [0, 0.05) is 41.5 Å². The number of fused-ring (bicyclic) bond motifs is 2. The molecule has 0 atom stereocenters. The third kappa shape index (κ3) is 11.0. The van der Waals surface area contributed by atoms with Crippen LogP contribution < -0.4 is 14.4 Å². The van der Waals surface area contributed by atoms with Gasteiger partial charge in [0.05, 0.1) is 50.6 Å². The number of hydrogen-bond acceptors (Lipinski definition) is 9. The Balaban J connectivity index is 0.000000646. The minimum absolute atomic E-state index is 0.222. The van der Waals surface area contributed by atoms with Gasteiger partial charge in [-0.3, -0.25) is 0 Å². The number of allylic oxidation sites excluding steroid dienone is 2. The lowest BCUT2D eigenvalue weighted by Crippen LogP contribution is -3.11. The average Bonchev–Trinajstić information content (AvgIpc) is 3.46. The number of thioether (sulfide) groups is 1. The first-order valence-corrected chi connectivity index (χ1v) is 19.2. The van der Waals surface area contributed by atoms with E-state index in [1.165, 1.54) is 19.6 Å². The lowest BCUT2D eigenvalue weighted by Gasteiger charge is -2.21. The molecule has 0 saturated carbocycles. The van der Waals surface area contributed by atoms with Crippen LogP contribution in [0.2, 0.25) is 0 Å². The van der Waals surface area contributed by atoms with Gasteiger partial charge in [0.1, 0.15) is 4.70 Å². The zero-order chi connectivity index (χ0) is 31.6. The Morgan fingerprint density at radius 3 is 2.14 bits per heavy atom. The fourth-order valence-corrected chi connectivity index (χ4v) is 8.13. The van der Waals surface area contributed by atoms with Crippen LogP contribution >= 0.6 is 23.1 Å². The van der Waals surface area contributed by atoms with E-state index in [9.17, 15) is 25.9 Å². The van der Waals surface area contributed by atoms with Gasteiger partial charge in [0.2, 0.25) is 5.52 Å². The van der Waals surface area contributed by atoms with E-state index in [0.29, 0.717) is 13.1 Å². The lowest BCUT2D eigenvalue weighted by atomic mass is 10.2. The second kappa shape index (κ2) is 16.2. The predicted octanol–water partition coefficient (Wildman–Crippen LogP) is 3.85. The molecule has 13 heteroatoms. The molecule has 1 aromatic heterocycles. The average molecular weight is 668 g/mol. The van der Waals surface area contributed by atoms with Crippen molar-refractivity contribution in [1.82, 2.24) is 0 Å². The maximum Gasteiger partial charge on any atom is 0.263 e. The minimum Gasteiger partial charge on any atom is -0.748 e. The summed E-state index contributed by atoms with van der Waals surface area (Å²) >= 11 is 3.16. The molecule has 0 radical (unpaired) electrons. The number of nitrogens with one attached hydrogen (secondary N) is 1. The molecule has 1 aliphatic rings. The Morgan fingerprint density at radius 2 is 1.51 bits per heavy atom. The van der Waals surface area contributed by atoms with Crippen LogP contribution in [0.15, 0.2) is 70.1 Å². The summed E-state index contributed by atoms with van der Waals surface area (Å²) in [6, 6.07) is 15.7. The largest absolute Gasteiger partial charge is 0.748 e. The summed E-state index contributed by atoms with van der Waals surface area (Å²) in [6.07, 6.45) is 4.49. The highest BCUT2D eigenvalue weighted by Crippen LogP contribution is 2.46. The molecular weight excluding hydrogens is 627 g/mol. The Hall–Kier alpha value is -2.26. The monoisotopic (exact) mass is 667 g/mol. The molecule has 236 valence electrons. The van der Waals surface area contributed by atoms with E-state index in [0.717, 1.165) is 36.4 Å². The molecule has 0 unspecified atom stereocenters. The topological polar surface area (TPSA) is 126 Å². The number of hydrogen-bond donors (Lipinski definition) is 1. The summed E-state index contributed by atoms with van der Waals surface area (Å²) in [4.78, 5) is 4.76. The van der Waals surface area contributed by atoms with Crippen molar-refractivity contribution in [3.63, 3.8) is 0 Å². The molecule has 2 heterocycles. The fourth-order valence-electron chi connectivity index (χ4n) is 4.76. The van der Waals surface area contributed by atoms with Gasteiger partial charge in [0.15, 0.2) is 6.54 Å². The molecule has 0 saturated heterocycles. The molecule has 0 fully saturated rings. The molecule has 3 aromatic rings. The normalized spacial score (nSPS) is 14.8. The number of benzene rings is 2. The summed E-state index contributed by atoms with van der Waals surface area (Å²) in [5, 5.41) is 1.86. The highest BCUT2D eigenvalue weighted by molar-refractivity contribution is 8.03. The molecule has 4 rings (SSSR count). The molecule has 0 bridgehead atoms. The molecule has 1 N–H and O–H groups in total. The van der Waals surface area contributed by atoms with Crippen LogP contribution in [0.1, 0.15) is 45.5 Å². The number of para-hydroxylation sites is 2. The minimum atomic E-state index is -4.28. The van der Waals surface area contributed by atoms with Crippen molar-refractivity contribution >= 4 is 65.3 Å². The van der Waals surface area contributed by atoms with Crippen LogP contribution in [0.25, 0.3) is 16.3 Å². The zero-order valence-corrected chi connectivity index (χ0v) is 28.4. The van der Waals surface area contributed by atoms with Gasteiger partial charge >= 0.3 is 0 Å². The summed E-state index contributed by atoms with van der Waals surface area (Å²) in [5.74, 6) is -0.835. The number of nitrogens with zero attached hydrogens (tertiary/aromatic N) is 2. The molecule has 2 aromatic carbocycles. The molecule has 9 nitrogen and oxygen atoms in total. The van der Waals surface area contributed by atoms with Crippen molar-refractivity contribution in [1.29, 1.82) is 0 Å². The first-order chi connectivity index (χ1) is 20.3. The van der Waals surface area contributed by atoms with E-state index in [-0.39, 0.29) is 12.8 Å². The Kier molecular flexibility index (Phi) is 13.2. The second-order valence-electron chi connectivity index (χ2n) is 10.2. The lowest BCUT2D eigenvalue weighted by molar-refractivity contribution is -0.894. The first-order valence-electron chi connectivity index (χ1n) is 14.4. The molecule has 0 aliphatic carbocycles. The SMILES string of the molecule is CC(/C=C1\Sc2ccccc2N1CCCS(=O)(=O)[O-])=C\c1sc2ccccc2[n+]1CCCS(=O)(=O)[O-].CC[NH+](CC)CC. The highest BCUT2D eigenvalue weighted by atomic mass is 32.2. The van der Waals surface area contributed by atoms with E-state index < -0.39 is 31.7 Å². The van der Waals surface area contributed by atoms with E-state index in [1.807, 2.05) is 77.1 Å². The number of aryl methyl sites for hydroxylation is 1. The fraction of sp³-hybridized carbons (Fsp3) is 0.433. The summed E-state index contributed by atoms with van der Waals surface area (Å²) in [6.45, 7) is 13.3. The van der Waals surface area contributed by atoms with Crippen LogP contribution in [0, 0.1) is 0 Å². The Morgan fingerprint density at radius 1 is 0.907 bits per heavy atom. The van der Waals surface area contributed by atoms with Crippen molar-refractivity contribution in [3.8, 4) is 0 Å². The molecule has 0 spiro atoms. The number of thiazole rings is 1. The van der Waals surface area contributed by atoms with E-state index >= 15 is 0 Å². The van der Waals surface area contributed by atoms with Crippen LogP contribution in [-0.2, 0) is 26.8 Å². The number of quaternary nitrogens is 1. The molecule has 1 aliphatic heterocycles. The zero-order valence-electron chi connectivity index (χ0n) is 25.1. The third-order valence-electron chi connectivity index (χ3n) is 7.03. The number of aromatic nitrogens is 1. The number of rotatable bonds is 13. The van der Waals surface area contributed by atoms with Gasteiger partial charge < -0.3 is 18.9 Å². The van der Waals surface area contributed by atoms with Crippen molar-refractivity contribution in [3.05, 3.63) is 70.2 Å². The van der Waals surface area contributed by atoms with E-state index in [2.05, 4.69) is 20.8 Å². The van der Waals surface area contributed by atoms with Gasteiger partial charge in [-0.1, -0.05) is 47.4 Å². The maximum absolute atomic E-state index is 11.1. The summed E-state index contributed by atoms with van der Waals surface area (Å²) < 4.78 is 69.6. The van der Waals surface area contributed by atoms with Crippen LogP contribution in [0.3, 0.4) is 0 Å². The summed E-state index contributed by atoms with van der Waals surface area (Å²) in [5.41, 5.74) is 2.89. The highest BCUT2D eigenvalue weighted by Gasteiger charge is 2.25. The molecule has 43 heavy (non-hydrogen) atoms. The standard InChI is InChI=1S/C24H26N2O6S4.C6H15N/c1-18(16-23-25(12-6-14-35(27,28)29)19-8-2-4-10-21(19)33-23)17-24-26(13-7-15-36(30,31)32)20-9-3-5-11-22(20)34-24;1-4-7(5-2)6-3/h2-5,8-11,16-17H,6-7,12-15H2,1H3,(H-,27,28,29,30,31,32);4-6H2,1-3H3. The van der Waals surface area contributed by atoms with Gasteiger partial charge in [-0.05, 0) is 64.0 Å². The van der Waals surface area contributed by atoms with Crippen molar-refractivity contribution in [2.75, 3.05) is 42.6 Å². The van der Waals surface area contributed by atoms with Crippen LogP contribution in [0.5, 0.6) is 0 Å². The maximum atomic E-state index is 11.1. The first kappa shape index (κ1) is 35.2. The quantitative estimate of drug-likeness (QED) is 0.215. The van der Waals surface area contributed by atoms with Gasteiger partial charge in [0.25, 0.3) is 5.01 Å².